The molecule has 0 saturated carbocycles. The summed E-state index contributed by atoms with van der Waals surface area (Å²) in [7, 11) is 0. The maximum absolute atomic E-state index is 8.36. The minimum atomic E-state index is -0.250. The first-order chi connectivity index (χ1) is 12.2. The number of thioether (sulfide) groups is 1. The molecule has 7 nitrogen and oxygen atoms in total. The molecule has 0 spiro atoms. The fraction of sp³-hybridized carbons (Fsp3) is 0.471. The minimum absolute atomic E-state index is 0.250. The second kappa shape index (κ2) is 12.3. The summed E-state index contributed by atoms with van der Waals surface area (Å²) in [5.41, 5.74) is 3.52. The average molecular weight is 367 g/mol. The molecule has 2 aromatic rings. The lowest BCUT2D eigenvalue weighted by atomic mass is 10.2. The van der Waals surface area contributed by atoms with E-state index in [1.165, 1.54) is 29.9 Å². The largest absolute Gasteiger partial charge is 0.483 e. The van der Waals surface area contributed by atoms with Crippen molar-refractivity contribution in [2.75, 3.05) is 18.1 Å². The number of rotatable bonds is 4. The summed E-state index contributed by atoms with van der Waals surface area (Å²) in [6.45, 7) is 2.63. The van der Waals surface area contributed by atoms with Gasteiger partial charge in [-0.2, -0.15) is 11.8 Å². The molecule has 1 saturated heterocycles. The van der Waals surface area contributed by atoms with Crippen LogP contribution in [0.5, 0.6) is 0 Å². The van der Waals surface area contributed by atoms with E-state index in [1.54, 1.807) is 0 Å². The molecule has 1 aromatic heterocycles. The van der Waals surface area contributed by atoms with Crippen molar-refractivity contribution in [3.05, 3.63) is 29.6 Å². The van der Waals surface area contributed by atoms with Gasteiger partial charge in [-0.1, -0.05) is 12.1 Å². The predicted molar refractivity (Wildman–Crippen MR) is 100 cm³/mol. The number of nitrogens with one attached hydrogen (secondary N) is 2. The molecule has 25 heavy (non-hydrogen) atoms. The number of imidazole rings is 1. The maximum atomic E-state index is 8.36. The zero-order valence-electron chi connectivity index (χ0n) is 14.3. The van der Waals surface area contributed by atoms with Crippen molar-refractivity contribution in [1.29, 1.82) is 0 Å². The topological polar surface area (TPSA) is 115 Å². The lowest BCUT2D eigenvalue weighted by Crippen LogP contribution is -2.35. The van der Waals surface area contributed by atoms with E-state index in [4.69, 9.17) is 24.8 Å². The monoisotopic (exact) mass is 367 g/mol. The fourth-order valence-electron chi connectivity index (χ4n) is 2.64. The van der Waals surface area contributed by atoms with E-state index in [-0.39, 0.29) is 12.9 Å². The van der Waals surface area contributed by atoms with Crippen molar-refractivity contribution < 1.29 is 19.8 Å². The number of hydrogen-bond acceptors (Lipinski definition) is 5. The predicted octanol–water partition coefficient (Wildman–Crippen LogP) is 2.30. The van der Waals surface area contributed by atoms with Crippen molar-refractivity contribution >= 4 is 35.7 Å². The summed E-state index contributed by atoms with van der Waals surface area (Å²) in [6, 6.07) is 7.00. The molecule has 0 amide bonds. The van der Waals surface area contributed by atoms with Crippen LogP contribution in [0.1, 0.15) is 24.2 Å². The molecule has 8 heteroatoms. The average Bonchev–Trinajstić information content (AvgIpc) is 3.02. The first-order valence-electron chi connectivity index (χ1n) is 8.07. The molecular weight excluding hydrogens is 342 g/mol. The molecule has 3 rings (SSSR count). The SMILES string of the molecule is Cc1cccc2[nH]c(CCNC3CCCSC3)nc12.O=CO.O=CO. The van der Waals surface area contributed by atoms with E-state index in [9.17, 15) is 0 Å². The third kappa shape index (κ3) is 7.57. The Hall–Kier alpha value is -2.06. The number of fused-ring (bicyclic) bond motifs is 1. The number of H-pyrrole nitrogens is 1. The van der Waals surface area contributed by atoms with Gasteiger partial charge in [-0.25, -0.2) is 4.98 Å². The molecular formula is C17H25N3O4S. The molecule has 0 aliphatic carbocycles. The lowest BCUT2D eigenvalue weighted by Gasteiger charge is -2.22. The Morgan fingerprint density at radius 2 is 2.08 bits per heavy atom. The molecule has 1 atom stereocenters. The summed E-state index contributed by atoms with van der Waals surface area (Å²) < 4.78 is 0. The summed E-state index contributed by atoms with van der Waals surface area (Å²) in [5, 5.41) is 17.4. The molecule has 0 radical (unpaired) electrons. The quantitative estimate of drug-likeness (QED) is 0.613. The van der Waals surface area contributed by atoms with Gasteiger partial charge in [0.05, 0.1) is 11.0 Å². The zero-order chi connectivity index (χ0) is 18.5. The van der Waals surface area contributed by atoms with Crippen LogP contribution in [-0.2, 0) is 16.0 Å². The minimum Gasteiger partial charge on any atom is -0.483 e. The van der Waals surface area contributed by atoms with Crippen LogP contribution in [0.3, 0.4) is 0 Å². The molecule has 4 N–H and O–H groups in total. The van der Waals surface area contributed by atoms with Crippen LogP contribution in [-0.4, -0.2) is 57.2 Å². The molecule has 2 heterocycles. The van der Waals surface area contributed by atoms with E-state index in [0.29, 0.717) is 6.04 Å². The smallest absolute Gasteiger partial charge is 0.290 e. The second-order valence-electron chi connectivity index (χ2n) is 5.48. The molecule has 138 valence electrons. The number of hydrogen-bond donors (Lipinski definition) is 4. The van der Waals surface area contributed by atoms with Gasteiger partial charge in [-0.05, 0) is 37.1 Å². The first kappa shape index (κ1) is 21.0. The summed E-state index contributed by atoms with van der Waals surface area (Å²) in [6.07, 6.45) is 3.66. The molecule has 1 unspecified atom stereocenters. The van der Waals surface area contributed by atoms with Gasteiger partial charge in [0, 0.05) is 24.8 Å². The highest BCUT2D eigenvalue weighted by Crippen LogP contribution is 2.17. The van der Waals surface area contributed by atoms with Gasteiger partial charge in [-0.15, -0.1) is 0 Å². The Morgan fingerprint density at radius 3 is 2.68 bits per heavy atom. The first-order valence-corrected chi connectivity index (χ1v) is 9.22. The molecule has 1 aromatic carbocycles. The van der Waals surface area contributed by atoms with E-state index >= 15 is 0 Å². The number of benzene rings is 1. The number of aromatic nitrogens is 2. The number of carboxylic acid groups (broad SMARTS) is 2. The Labute approximate surface area is 151 Å². The van der Waals surface area contributed by atoms with Gasteiger partial charge in [0.1, 0.15) is 5.82 Å². The van der Waals surface area contributed by atoms with Crippen LogP contribution in [0.25, 0.3) is 11.0 Å². The second-order valence-corrected chi connectivity index (χ2v) is 6.63. The van der Waals surface area contributed by atoms with E-state index in [2.05, 4.69) is 47.2 Å². The molecule has 1 aliphatic rings. The van der Waals surface area contributed by atoms with Crippen LogP contribution in [0.2, 0.25) is 0 Å². The highest BCUT2D eigenvalue weighted by molar-refractivity contribution is 7.99. The number of nitrogens with zero attached hydrogens (tertiary/aromatic N) is 1. The number of aromatic amines is 1. The summed E-state index contributed by atoms with van der Waals surface area (Å²) in [4.78, 5) is 24.8. The van der Waals surface area contributed by atoms with Gasteiger partial charge < -0.3 is 20.5 Å². The van der Waals surface area contributed by atoms with Crippen LogP contribution < -0.4 is 5.32 Å². The zero-order valence-corrected chi connectivity index (χ0v) is 15.1. The van der Waals surface area contributed by atoms with Crippen molar-refractivity contribution in [1.82, 2.24) is 15.3 Å². The van der Waals surface area contributed by atoms with Crippen LogP contribution in [0.4, 0.5) is 0 Å². The van der Waals surface area contributed by atoms with Crippen molar-refractivity contribution in [2.24, 2.45) is 0 Å². The highest BCUT2D eigenvalue weighted by atomic mass is 32.2. The van der Waals surface area contributed by atoms with Crippen LogP contribution in [0.15, 0.2) is 18.2 Å². The molecule has 1 fully saturated rings. The van der Waals surface area contributed by atoms with Crippen molar-refractivity contribution in [2.45, 2.75) is 32.2 Å². The Bertz CT molecular complexity index is 636. The Balaban J connectivity index is 0.000000460. The van der Waals surface area contributed by atoms with Gasteiger partial charge in [-0.3, -0.25) is 9.59 Å². The van der Waals surface area contributed by atoms with Crippen molar-refractivity contribution in [3.63, 3.8) is 0 Å². The normalized spacial score (nSPS) is 16.1. The van der Waals surface area contributed by atoms with E-state index in [0.717, 1.165) is 29.8 Å². The highest BCUT2D eigenvalue weighted by Gasteiger charge is 2.12. The van der Waals surface area contributed by atoms with Gasteiger partial charge in [0.2, 0.25) is 0 Å². The summed E-state index contributed by atoms with van der Waals surface area (Å²) in [5.74, 6) is 3.69. The van der Waals surface area contributed by atoms with Gasteiger partial charge in [0.25, 0.3) is 12.9 Å². The van der Waals surface area contributed by atoms with Crippen LogP contribution >= 0.6 is 11.8 Å². The number of carbonyl (C=O) groups is 2. The lowest BCUT2D eigenvalue weighted by molar-refractivity contribution is -0.123. The standard InChI is InChI=1S/C15H21N3S.2CH2O2/c1-11-4-2-6-13-15(11)18-14(17-13)7-8-16-12-5-3-9-19-10-12;2*2-1-3/h2,4,6,12,16H,3,5,7-10H2,1H3,(H,17,18);2*1H,(H,2,3). The summed E-state index contributed by atoms with van der Waals surface area (Å²) >= 11 is 2.07. The fourth-order valence-corrected chi connectivity index (χ4v) is 3.75. The van der Waals surface area contributed by atoms with Gasteiger partial charge in [0.15, 0.2) is 0 Å². The third-order valence-electron chi connectivity index (χ3n) is 3.72. The van der Waals surface area contributed by atoms with Gasteiger partial charge >= 0.3 is 0 Å². The molecule has 0 bridgehead atoms. The number of para-hydroxylation sites is 1. The number of aryl methyl sites for hydroxylation is 1. The van der Waals surface area contributed by atoms with E-state index in [1.807, 2.05) is 0 Å². The Morgan fingerprint density at radius 1 is 1.36 bits per heavy atom. The Kier molecular flexibility index (Phi) is 10.3. The third-order valence-corrected chi connectivity index (χ3v) is 4.93. The van der Waals surface area contributed by atoms with E-state index < -0.39 is 0 Å². The maximum Gasteiger partial charge on any atom is 0.290 e. The molecule has 1 aliphatic heterocycles. The van der Waals surface area contributed by atoms with Crippen LogP contribution in [0, 0.1) is 6.92 Å². The van der Waals surface area contributed by atoms with Crippen molar-refractivity contribution in [3.8, 4) is 0 Å².